The quantitative estimate of drug-likeness (QED) is 0.758. The highest BCUT2D eigenvalue weighted by atomic mass is 15.0. The molecule has 1 heteroatoms. The molecule has 0 spiro atoms. The molecule has 1 aliphatic carbocycles. The average molecular weight is 215 g/mol. The fraction of sp³-hybridized carbons (Fsp3) is 0.600. The molecule has 1 aromatic carbocycles. The Hall–Kier alpha value is -0.820. The van der Waals surface area contributed by atoms with E-state index in [1.807, 2.05) is 0 Å². The Morgan fingerprint density at radius 3 is 2.69 bits per heavy atom. The lowest BCUT2D eigenvalue weighted by atomic mass is 9.62. The first kappa shape index (κ1) is 10.3. The molecule has 1 aliphatic heterocycles. The van der Waals surface area contributed by atoms with E-state index in [9.17, 15) is 0 Å². The molecule has 16 heavy (non-hydrogen) atoms. The molecule has 2 fully saturated rings. The Kier molecular flexibility index (Phi) is 2.72. The Morgan fingerprint density at radius 1 is 1.00 bits per heavy atom. The molecular formula is C15H21N. The van der Waals surface area contributed by atoms with Gasteiger partial charge in [-0.2, -0.15) is 0 Å². The molecule has 0 aromatic heterocycles. The summed E-state index contributed by atoms with van der Waals surface area (Å²) >= 11 is 0. The van der Waals surface area contributed by atoms with Crippen molar-refractivity contribution in [1.29, 1.82) is 0 Å². The van der Waals surface area contributed by atoms with Crippen molar-refractivity contribution in [1.82, 2.24) is 5.32 Å². The predicted molar refractivity (Wildman–Crippen MR) is 67.6 cm³/mol. The summed E-state index contributed by atoms with van der Waals surface area (Å²) in [5, 5.41) is 3.76. The highest BCUT2D eigenvalue weighted by Crippen LogP contribution is 2.44. The minimum Gasteiger partial charge on any atom is -0.313 e. The van der Waals surface area contributed by atoms with Crippen molar-refractivity contribution in [2.24, 2.45) is 0 Å². The van der Waals surface area contributed by atoms with E-state index in [2.05, 4.69) is 35.6 Å². The molecular weight excluding hydrogens is 194 g/mol. The van der Waals surface area contributed by atoms with E-state index in [1.165, 1.54) is 45.1 Å². The molecule has 2 atom stereocenters. The van der Waals surface area contributed by atoms with Gasteiger partial charge in [0.05, 0.1) is 0 Å². The van der Waals surface area contributed by atoms with Crippen LogP contribution in [0.25, 0.3) is 0 Å². The molecule has 1 heterocycles. The third-order valence-electron chi connectivity index (χ3n) is 4.57. The Labute approximate surface area is 98.3 Å². The van der Waals surface area contributed by atoms with Gasteiger partial charge in [0.2, 0.25) is 0 Å². The van der Waals surface area contributed by atoms with Crippen LogP contribution in [0, 0.1) is 0 Å². The molecule has 1 nitrogen and oxygen atoms in total. The van der Waals surface area contributed by atoms with Gasteiger partial charge in [0, 0.05) is 11.5 Å². The average Bonchev–Trinajstić information content (AvgIpc) is 2.40. The fourth-order valence-electron chi connectivity index (χ4n) is 3.78. The summed E-state index contributed by atoms with van der Waals surface area (Å²) < 4.78 is 0. The fourth-order valence-corrected chi connectivity index (χ4v) is 3.78. The van der Waals surface area contributed by atoms with E-state index in [1.54, 1.807) is 5.56 Å². The van der Waals surface area contributed by atoms with Crippen LogP contribution in [0.4, 0.5) is 0 Å². The van der Waals surface area contributed by atoms with Gasteiger partial charge < -0.3 is 5.32 Å². The maximum atomic E-state index is 3.76. The van der Waals surface area contributed by atoms with Crippen molar-refractivity contribution in [3.8, 4) is 0 Å². The van der Waals surface area contributed by atoms with Crippen LogP contribution in [0.2, 0.25) is 0 Å². The van der Waals surface area contributed by atoms with E-state index in [0.29, 0.717) is 5.41 Å². The standard InChI is InChI=1S/C15H21N/c1-2-7-13(8-3-1)15-10-5-4-9-14(15)16-12-6-11-15/h1-3,7-8,14,16H,4-6,9-12H2. The summed E-state index contributed by atoms with van der Waals surface area (Å²) in [7, 11) is 0. The molecule has 0 radical (unpaired) electrons. The molecule has 1 saturated heterocycles. The van der Waals surface area contributed by atoms with Gasteiger partial charge in [0.25, 0.3) is 0 Å². The summed E-state index contributed by atoms with van der Waals surface area (Å²) in [6.45, 7) is 1.22. The van der Waals surface area contributed by atoms with Gasteiger partial charge in [-0.1, -0.05) is 43.2 Å². The zero-order valence-electron chi connectivity index (χ0n) is 9.91. The summed E-state index contributed by atoms with van der Waals surface area (Å²) in [5.41, 5.74) is 2.03. The number of benzene rings is 1. The molecule has 2 aliphatic rings. The van der Waals surface area contributed by atoms with E-state index in [-0.39, 0.29) is 0 Å². The van der Waals surface area contributed by atoms with Crippen LogP contribution in [0.1, 0.15) is 44.1 Å². The van der Waals surface area contributed by atoms with Gasteiger partial charge in [-0.05, 0) is 37.8 Å². The van der Waals surface area contributed by atoms with Crippen molar-refractivity contribution >= 4 is 0 Å². The molecule has 0 amide bonds. The van der Waals surface area contributed by atoms with Crippen LogP contribution in [-0.2, 0) is 5.41 Å². The molecule has 1 aromatic rings. The van der Waals surface area contributed by atoms with Crippen molar-refractivity contribution in [2.45, 2.75) is 50.0 Å². The molecule has 1 saturated carbocycles. The molecule has 3 rings (SSSR count). The Balaban J connectivity index is 1.98. The van der Waals surface area contributed by atoms with Crippen LogP contribution in [0.15, 0.2) is 30.3 Å². The lowest BCUT2D eigenvalue weighted by Gasteiger charge is -2.48. The van der Waals surface area contributed by atoms with Crippen LogP contribution in [0.5, 0.6) is 0 Å². The number of hydrogen-bond acceptors (Lipinski definition) is 1. The van der Waals surface area contributed by atoms with Gasteiger partial charge in [-0.25, -0.2) is 0 Å². The van der Waals surface area contributed by atoms with Gasteiger partial charge in [0.15, 0.2) is 0 Å². The van der Waals surface area contributed by atoms with Gasteiger partial charge >= 0.3 is 0 Å². The second kappa shape index (κ2) is 4.21. The van der Waals surface area contributed by atoms with Crippen molar-refractivity contribution < 1.29 is 0 Å². The van der Waals surface area contributed by atoms with Gasteiger partial charge in [-0.15, -0.1) is 0 Å². The van der Waals surface area contributed by atoms with Crippen LogP contribution in [-0.4, -0.2) is 12.6 Å². The smallest absolute Gasteiger partial charge is 0.0164 e. The highest BCUT2D eigenvalue weighted by Gasteiger charge is 2.43. The number of nitrogens with one attached hydrogen (secondary N) is 1. The Bertz CT molecular complexity index is 332. The largest absolute Gasteiger partial charge is 0.313 e. The molecule has 2 unspecified atom stereocenters. The van der Waals surface area contributed by atoms with E-state index in [4.69, 9.17) is 0 Å². The summed E-state index contributed by atoms with van der Waals surface area (Å²) in [6.07, 6.45) is 8.29. The third kappa shape index (κ3) is 1.58. The van der Waals surface area contributed by atoms with E-state index >= 15 is 0 Å². The Morgan fingerprint density at radius 2 is 1.81 bits per heavy atom. The second-order valence-corrected chi connectivity index (χ2v) is 5.38. The lowest BCUT2D eigenvalue weighted by molar-refractivity contribution is 0.163. The third-order valence-corrected chi connectivity index (χ3v) is 4.57. The van der Waals surface area contributed by atoms with E-state index in [0.717, 1.165) is 6.04 Å². The van der Waals surface area contributed by atoms with Crippen molar-refractivity contribution in [2.75, 3.05) is 6.54 Å². The normalized spacial score (nSPS) is 34.4. The van der Waals surface area contributed by atoms with E-state index < -0.39 is 0 Å². The summed E-state index contributed by atoms with van der Waals surface area (Å²) in [4.78, 5) is 0. The maximum Gasteiger partial charge on any atom is 0.0164 e. The molecule has 86 valence electrons. The highest BCUT2D eigenvalue weighted by molar-refractivity contribution is 5.29. The topological polar surface area (TPSA) is 12.0 Å². The first-order chi connectivity index (χ1) is 7.92. The maximum absolute atomic E-state index is 3.76. The van der Waals surface area contributed by atoms with Crippen LogP contribution < -0.4 is 5.32 Å². The van der Waals surface area contributed by atoms with Crippen molar-refractivity contribution in [3.63, 3.8) is 0 Å². The van der Waals surface area contributed by atoms with Crippen LogP contribution >= 0.6 is 0 Å². The first-order valence-electron chi connectivity index (χ1n) is 6.71. The summed E-state index contributed by atoms with van der Waals surface area (Å²) in [5.74, 6) is 0. The zero-order valence-corrected chi connectivity index (χ0v) is 9.91. The zero-order chi connectivity index (χ0) is 10.8. The summed E-state index contributed by atoms with van der Waals surface area (Å²) in [6, 6.07) is 11.9. The van der Waals surface area contributed by atoms with Gasteiger partial charge in [0.1, 0.15) is 0 Å². The minimum absolute atomic E-state index is 0.456. The second-order valence-electron chi connectivity index (χ2n) is 5.38. The number of hydrogen-bond donors (Lipinski definition) is 1. The minimum atomic E-state index is 0.456. The molecule has 0 bridgehead atoms. The van der Waals surface area contributed by atoms with Gasteiger partial charge in [-0.3, -0.25) is 0 Å². The number of rotatable bonds is 1. The van der Waals surface area contributed by atoms with Crippen LogP contribution in [0.3, 0.4) is 0 Å². The lowest BCUT2D eigenvalue weighted by Crippen LogP contribution is -2.54. The number of fused-ring (bicyclic) bond motifs is 1. The van der Waals surface area contributed by atoms with Crippen molar-refractivity contribution in [3.05, 3.63) is 35.9 Å². The number of piperidine rings is 1. The molecule has 1 N–H and O–H groups in total. The monoisotopic (exact) mass is 215 g/mol. The SMILES string of the molecule is c1ccc(C23CCCCC2NCCC3)cc1. The first-order valence-corrected chi connectivity index (χ1v) is 6.71. The predicted octanol–water partition coefficient (Wildman–Crippen LogP) is 3.25.